The predicted molar refractivity (Wildman–Crippen MR) is 33.3 cm³/mol. The van der Waals surface area contributed by atoms with E-state index in [2.05, 4.69) is 9.47 Å². The van der Waals surface area contributed by atoms with Crippen molar-refractivity contribution in [2.45, 2.75) is 18.2 Å². The Bertz CT molecular complexity index is 206. The maximum absolute atomic E-state index is 12.3. The molecule has 0 radical (unpaired) electrons. The number of rotatable bonds is 1. The largest absolute Gasteiger partial charge is 0.506 e. The Morgan fingerprint density at radius 2 is 2.15 bits per heavy atom. The maximum Gasteiger partial charge on any atom is 0.506 e. The van der Waals surface area contributed by atoms with Crippen molar-refractivity contribution in [1.29, 1.82) is 0 Å². The van der Waals surface area contributed by atoms with Crippen LogP contribution in [0.4, 0.5) is 18.0 Å². The van der Waals surface area contributed by atoms with Gasteiger partial charge in [0, 0.05) is 6.42 Å². The highest BCUT2D eigenvalue weighted by molar-refractivity contribution is 5.57. The van der Waals surface area contributed by atoms with Crippen LogP contribution in [-0.4, -0.2) is 36.3 Å². The molecule has 1 aliphatic heterocycles. The van der Waals surface area contributed by atoms with Gasteiger partial charge in [0.05, 0.1) is 13.2 Å². The van der Waals surface area contributed by atoms with E-state index in [1.807, 2.05) is 0 Å². The van der Waals surface area contributed by atoms with E-state index >= 15 is 0 Å². The van der Waals surface area contributed by atoms with Gasteiger partial charge in [0.1, 0.15) is 0 Å². The molecule has 1 rings (SSSR count). The van der Waals surface area contributed by atoms with Crippen LogP contribution in [0.25, 0.3) is 0 Å². The first kappa shape index (κ1) is 10.1. The molecule has 1 fully saturated rings. The molecule has 1 unspecified atom stereocenters. The van der Waals surface area contributed by atoms with Crippen LogP contribution >= 0.6 is 0 Å². The quantitative estimate of drug-likeness (QED) is 0.650. The molecule has 4 nitrogen and oxygen atoms in total. The summed E-state index contributed by atoms with van der Waals surface area (Å²) in [4.78, 5) is 10.0. The minimum atomic E-state index is -4.72. The van der Waals surface area contributed by atoms with Gasteiger partial charge < -0.3 is 14.6 Å². The van der Waals surface area contributed by atoms with Crippen molar-refractivity contribution in [3.63, 3.8) is 0 Å². The first-order valence-electron chi connectivity index (χ1n) is 3.44. The van der Waals surface area contributed by atoms with E-state index in [4.69, 9.17) is 5.11 Å². The average molecular weight is 200 g/mol. The Morgan fingerprint density at radius 1 is 1.54 bits per heavy atom. The molecule has 0 spiro atoms. The van der Waals surface area contributed by atoms with Gasteiger partial charge in [0.15, 0.2) is 0 Å². The SMILES string of the molecule is O=C(O)OC1(C(F)(F)F)CCOC1. The zero-order valence-corrected chi connectivity index (χ0v) is 6.43. The topological polar surface area (TPSA) is 55.8 Å². The molecule has 0 saturated carbocycles. The predicted octanol–water partition coefficient (Wildman–Crippen LogP) is 1.40. The fourth-order valence-corrected chi connectivity index (χ4v) is 1.08. The van der Waals surface area contributed by atoms with Crippen molar-refractivity contribution in [2.24, 2.45) is 0 Å². The van der Waals surface area contributed by atoms with Crippen LogP contribution < -0.4 is 0 Å². The summed E-state index contributed by atoms with van der Waals surface area (Å²) in [5, 5.41) is 8.12. The third-order valence-electron chi connectivity index (χ3n) is 1.78. The second-order valence-corrected chi connectivity index (χ2v) is 2.66. The van der Waals surface area contributed by atoms with Crippen LogP contribution in [0.5, 0.6) is 0 Å². The lowest BCUT2D eigenvalue weighted by atomic mass is 10.0. The van der Waals surface area contributed by atoms with Crippen molar-refractivity contribution in [2.75, 3.05) is 13.2 Å². The normalized spacial score (nSPS) is 28.8. The minimum absolute atomic E-state index is 0.146. The van der Waals surface area contributed by atoms with E-state index in [9.17, 15) is 18.0 Å². The average Bonchev–Trinajstić information content (AvgIpc) is 2.33. The Balaban J connectivity index is 2.81. The zero-order valence-electron chi connectivity index (χ0n) is 6.43. The van der Waals surface area contributed by atoms with Gasteiger partial charge in [-0.15, -0.1) is 0 Å². The molecule has 1 saturated heterocycles. The third kappa shape index (κ3) is 1.85. The minimum Gasteiger partial charge on any atom is -0.450 e. The Hall–Kier alpha value is -0.980. The van der Waals surface area contributed by atoms with Crippen LogP contribution in [0.1, 0.15) is 6.42 Å². The van der Waals surface area contributed by atoms with Gasteiger partial charge in [-0.05, 0) is 0 Å². The summed E-state index contributed by atoms with van der Waals surface area (Å²) < 4.78 is 45.2. The Kier molecular flexibility index (Phi) is 2.38. The van der Waals surface area contributed by atoms with E-state index in [1.54, 1.807) is 0 Å². The number of hydrogen-bond donors (Lipinski definition) is 1. The summed E-state index contributed by atoms with van der Waals surface area (Å²) in [5.41, 5.74) is -2.67. The smallest absolute Gasteiger partial charge is 0.450 e. The van der Waals surface area contributed by atoms with Crippen molar-refractivity contribution < 1.29 is 32.5 Å². The van der Waals surface area contributed by atoms with Crippen molar-refractivity contribution in [3.8, 4) is 0 Å². The molecule has 1 N–H and O–H groups in total. The molecule has 0 aromatic rings. The molecule has 0 amide bonds. The molecule has 0 bridgehead atoms. The lowest BCUT2D eigenvalue weighted by Gasteiger charge is -2.27. The van der Waals surface area contributed by atoms with E-state index in [1.165, 1.54) is 0 Å². The molecule has 0 aromatic heterocycles. The van der Waals surface area contributed by atoms with Gasteiger partial charge in [0.25, 0.3) is 0 Å². The number of hydrogen-bond acceptors (Lipinski definition) is 3. The van der Waals surface area contributed by atoms with Crippen LogP contribution in [-0.2, 0) is 9.47 Å². The molecule has 1 aliphatic rings. The molecule has 0 aliphatic carbocycles. The molecular weight excluding hydrogens is 193 g/mol. The van der Waals surface area contributed by atoms with Crippen LogP contribution in [0.15, 0.2) is 0 Å². The molecule has 0 aromatic carbocycles. The maximum atomic E-state index is 12.3. The Morgan fingerprint density at radius 3 is 2.46 bits per heavy atom. The van der Waals surface area contributed by atoms with Crippen LogP contribution in [0, 0.1) is 0 Å². The van der Waals surface area contributed by atoms with E-state index in [0.29, 0.717) is 0 Å². The number of carboxylic acid groups (broad SMARTS) is 1. The Labute approximate surface area is 71.2 Å². The summed E-state index contributed by atoms with van der Waals surface area (Å²) in [6.07, 6.45) is -7.15. The van der Waals surface area contributed by atoms with Crippen LogP contribution in [0.3, 0.4) is 0 Å². The van der Waals surface area contributed by atoms with Gasteiger partial charge in [-0.2, -0.15) is 13.2 Å². The van der Waals surface area contributed by atoms with E-state index in [0.717, 1.165) is 0 Å². The van der Waals surface area contributed by atoms with Crippen molar-refractivity contribution in [3.05, 3.63) is 0 Å². The van der Waals surface area contributed by atoms with Crippen LogP contribution in [0.2, 0.25) is 0 Å². The molecule has 1 atom stereocenters. The second-order valence-electron chi connectivity index (χ2n) is 2.66. The van der Waals surface area contributed by atoms with Crippen molar-refractivity contribution >= 4 is 6.16 Å². The summed E-state index contributed by atoms with van der Waals surface area (Å²) >= 11 is 0. The summed E-state index contributed by atoms with van der Waals surface area (Å²) in [6, 6.07) is 0. The highest BCUT2D eigenvalue weighted by atomic mass is 19.4. The van der Waals surface area contributed by atoms with Crippen molar-refractivity contribution in [1.82, 2.24) is 0 Å². The first-order valence-corrected chi connectivity index (χ1v) is 3.44. The van der Waals surface area contributed by atoms with E-state index in [-0.39, 0.29) is 6.61 Å². The third-order valence-corrected chi connectivity index (χ3v) is 1.78. The van der Waals surface area contributed by atoms with Gasteiger partial charge in [-0.25, -0.2) is 4.79 Å². The standard InChI is InChI=1S/C6H7F3O4/c7-6(8,9)5(13-4(10)11)1-2-12-3-5/h1-3H2,(H,10,11). The summed E-state index contributed by atoms with van der Waals surface area (Å²) in [5.74, 6) is 0. The highest BCUT2D eigenvalue weighted by Gasteiger charge is 2.60. The number of alkyl halides is 3. The van der Waals surface area contributed by atoms with Gasteiger partial charge in [-0.3, -0.25) is 0 Å². The molecule has 13 heavy (non-hydrogen) atoms. The monoisotopic (exact) mass is 200 g/mol. The first-order chi connectivity index (χ1) is 5.87. The summed E-state index contributed by atoms with van der Waals surface area (Å²) in [6.45, 7) is -0.907. The van der Waals surface area contributed by atoms with Gasteiger partial charge in [-0.1, -0.05) is 0 Å². The molecule has 7 heteroatoms. The lowest BCUT2D eigenvalue weighted by Crippen LogP contribution is -2.49. The van der Waals surface area contributed by atoms with Gasteiger partial charge in [0.2, 0.25) is 5.60 Å². The number of halogens is 3. The molecule has 1 heterocycles. The van der Waals surface area contributed by atoms with E-state index < -0.39 is 31.0 Å². The fraction of sp³-hybridized carbons (Fsp3) is 0.833. The number of carbonyl (C=O) groups is 1. The second kappa shape index (κ2) is 3.06. The lowest BCUT2D eigenvalue weighted by molar-refractivity contribution is -0.259. The highest BCUT2D eigenvalue weighted by Crippen LogP contribution is 2.39. The van der Waals surface area contributed by atoms with Gasteiger partial charge >= 0.3 is 12.3 Å². The number of ether oxygens (including phenoxy) is 2. The zero-order chi connectivity index (χ0) is 10.1. The molecular formula is C6H7F3O4. The summed E-state index contributed by atoms with van der Waals surface area (Å²) in [7, 11) is 0. The fourth-order valence-electron chi connectivity index (χ4n) is 1.08. The molecule has 76 valence electrons.